The summed E-state index contributed by atoms with van der Waals surface area (Å²) < 4.78 is 16.1. The van der Waals surface area contributed by atoms with Crippen molar-refractivity contribution in [1.29, 1.82) is 0 Å². The van der Waals surface area contributed by atoms with Gasteiger partial charge >= 0.3 is 5.97 Å². The van der Waals surface area contributed by atoms with Gasteiger partial charge in [0.2, 0.25) is 0 Å². The average molecular weight is 358 g/mol. The molecule has 0 fully saturated rings. The van der Waals surface area contributed by atoms with Gasteiger partial charge in [-0.25, -0.2) is 4.79 Å². The van der Waals surface area contributed by atoms with Gasteiger partial charge in [-0.15, -0.1) is 11.3 Å². The van der Waals surface area contributed by atoms with Crippen LogP contribution >= 0.6 is 11.3 Å². The normalized spacial score (nSPS) is 13.0. The highest BCUT2D eigenvalue weighted by molar-refractivity contribution is 7.12. The molecule has 0 amide bonds. The number of carbonyl (C=O) groups excluding carboxylic acids is 2. The molecular formula is C19H18O5S. The number of esters is 1. The van der Waals surface area contributed by atoms with E-state index in [9.17, 15) is 9.59 Å². The number of ether oxygens (including phenoxy) is 3. The molecule has 6 heteroatoms. The SMILES string of the molecule is O=C(/C=C/c1ccc2c(c1)OCCO2)OCCCC(=O)c1cccs1. The van der Waals surface area contributed by atoms with Gasteiger partial charge in [0.25, 0.3) is 0 Å². The Balaban J connectivity index is 1.41. The Labute approximate surface area is 149 Å². The highest BCUT2D eigenvalue weighted by Crippen LogP contribution is 2.31. The van der Waals surface area contributed by atoms with E-state index < -0.39 is 5.97 Å². The van der Waals surface area contributed by atoms with Gasteiger partial charge in [0, 0.05) is 12.5 Å². The number of Topliss-reactive ketones (excluding diaryl/α,β-unsaturated/α-hetero) is 1. The summed E-state index contributed by atoms with van der Waals surface area (Å²) in [5, 5.41) is 1.87. The Morgan fingerprint density at radius 2 is 2.00 bits per heavy atom. The van der Waals surface area contributed by atoms with Crippen LogP contribution in [-0.2, 0) is 9.53 Å². The van der Waals surface area contributed by atoms with E-state index in [1.165, 1.54) is 17.4 Å². The van der Waals surface area contributed by atoms with Gasteiger partial charge in [-0.2, -0.15) is 0 Å². The predicted molar refractivity (Wildman–Crippen MR) is 95.3 cm³/mol. The first-order valence-corrected chi connectivity index (χ1v) is 8.91. The van der Waals surface area contributed by atoms with Crippen LogP contribution in [0, 0.1) is 0 Å². The Morgan fingerprint density at radius 1 is 1.16 bits per heavy atom. The Kier molecular flexibility index (Phi) is 5.85. The van der Waals surface area contributed by atoms with E-state index in [1.807, 2.05) is 29.6 Å². The zero-order valence-electron chi connectivity index (χ0n) is 13.6. The third kappa shape index (κ3) is 4.93. The molecule has 0 saturated heterocycles. The van der Waals surface area contributed by atoms with E-state index in [0.29, 0.717) is 37.6 Å². The lowest BCUT2D eigenvalue weighted by molar-refractivity contribution is -0.137. The van der Waals surface area contributed by atoms with Crippen molar-refractivity contribution in [2.24, 2.45) is 0 Å². The molecule has 2 aromatic rings. The molecule has 0 atom stereocenters. The van der Waals surface area contributed by atoms with Crippen LogP contribution in [0.5, 0.6) is 11.5 Å². The van der Waals surface area contributed by atoms with Crippen LogP contribution in [-0.4, -0.2) is 31.6 Å². The van der Waals surface area contributed by atoms with Crippen molar-refractivity contribution in [2.75, 3.05) is 19.8 Å². The summed E-state index contributed by atoms with van der Waals surface area (Å²) in [6.07, 6.45) is 3.92. The number of benzene rings is 1. The lowest BCUT2D eigenvalue weighted by Crippen LogP contribution is -2.15. The molecule has 2 heterocycles. The van der Waals surface area contributed by atoms with E-state index in [4.69, 9.17) is 14.2 Å². The zero-order chi connectivity index (χ0) is 17.5. The van der Waals surface area contributed by atoms with Crippen molar-refractivity contribution >= 4 is 29.2 Å². The molecule has 1 aromatic heterocycles. The molecule has 0 spiro atoms. The van der Waals surface area contributed by atoms with Gasteiger partial charge in [-0.3, -0.25) is 4.79 Å². The summed E-state index contributed by atoms with van der Waals surface area (Å²) in [7, 11) is 0. The summed E-state index contributed by atoms with van der Waals surface area (Å²) in [6.45, 7) is 1.29. The zero-order valence-corrected chi connectivity index (χ0v) is 14.4. The first kappa shape index (κ1) is 17.2. The predicted octanol–water partition coefficient (Wildman–Crippen LogP) is 3.74. The van der Waals surface area contributed by atoms with Gasteiger partial charge < -0.3 is 14.2 Å². The van der Waals surface area contributed by atoms with Crippen molar-refractivity contribution in [1.82, 2.24) is 0 Å². The van der Waals surface area contributed by atoms with Crippen LogP contribution in [0.25, 0.3) is 6.08 Å². The van der Waals surface area contributed by atoms with Crippen LogP contribution in [0.2, 0.25) is 0 Å². The largest absolute Gasteiger partial charge is 0.486 e. The lowest BCUT2D eigenvalue weighted by Gasteiger charge is -2.18. The van der Waals surface area contributed by atoms with Crippen LogP contribution in [0.1, 0.15) is 28.1 Å². The third-order valence-electron chi connectivity index (χ3n) is 3.57. The number of carbonyl (C=O) groups is 2. The molecule has 0 saturated carbocycles. The summed E-state index contributed by atoms with van der Waals surface area (Å²) >= 11 is 1.42. The van der Waals surface area contributed by atoms with Crippen molar-refractivity contribution in [3.05, 3.63) is 52.2 Å². The fourth-order valence-electron chi connectivity index (χ4n) is 2.34. The highest BCUT2D eigenvalue weighted by atomic mass is 32.1. The van der Waals surface area contributed by atoms with Crippen LogP contribution in [0.15, 0.2) is 41.8 Å². The Bertz CT molecular complexity index is 764. The molecule has 5 nitrogen and oxygen atoms in total. The first-order chi connectivity index (χ1) is 12.2. The Morgan fingerprint density at radius 3 is 2.80 bits per heavy atom. The van der Waals surface area contributed by atoms with Crippen LogP contribution in [0.4, 0.5) is 0 Å². The quantitative estimate of drug-likeness (QED) is 0.327. The minimum Gasteiger partial charge on any atom is -0.486 e. The topological polar surface area (TPSA) is 61.8 Å². The minimum atomic E-state index is -0.432. The molecule has 0 radical (unpaired) electrons. The summed E-state index contributed by atoms with van der Waals surface area (Å²) in [4.78, 5) is 24.3. The highest BCUT2D eigenvalue weighted by Gasteiger charge is 2.11. The summed E-state index contributed by atoms with van der Waals surface area (Å²) in [5.41, 5.74) is 0.828. The maximum absolute atomic E-state index is 11.8. The first-order valence-electron chi connectivity index (χ1n) is 8.03. The van der Waals surface area contributed by atoms with E-state index in [0.717, 1.165) is 10.4 Å². The van der Waals surface area contributed by atoms with Crippen molar-refractivity contribution in [2.45, 2.75) is 12.8 Å². The monoisotopic (exact) mass is 358 g/mol. The van der Waals surface area contributed by atoms with E-state index in [2.05, 4.69) is 0 Å². The molecule has 1 aromatic carbocycles. The molecule has 0 aliphatic carbocycles. The van der Waals surface area contributed by atoms with E-state index >= 15 is 0 Å². The molecule has 0 unspecified atom stereocenters. The molecule has 25 heavy (non-hydrogen) atoms. The van der Waals surface area contributed by atoms with E-state index in [-0.39, 0.29) is 12.4 Å². The van der Waals surface area contributed by atoms with Gasteiger partial charge in [-0.05, 0) is 41.6 Å². The lowest BCUT2D eigenvalue weighted by atomic mass is 10.2. The van der Waals surface area contributed by atoms with Crippen molar-refractivity contribution in [3.63, 3.8) is 0 Å². The van der Waals surface area contributed by atoms with Gasteiger partial charge in [0.15, 0.2) is 17.3 Å². The second kappa shape index (κ2) is 8.48. The Hall–Kier alpha value is -2.60. The fourth-order valence-corrected chi connectivity index (χ4v) is 3.04. The number of rotatable bonds is 7. The average Bonchev–Trinajstić information content (AvgIpc) is 3.18. The van der Waals surface area contributed by atoms with Crippen LogP contribution in [0.3, 0.4) is 0 Å². The number of ketones is 1. The standard InChI is InChI=1S/C19H18O5S/c20-15(18-4-2-12-25-18)3-1-9-24-19(21)8-6-14-5-7-16-17(13-14)23-11-10-22-16/h2,4-8,12-13H,1,3,9-11H2/b8-6+. The second-order valence-corrected chi connectivity index (χ2v) is 6.36. The maximum Gasteiger partial charge on any atom is 0.330 e. The number of thiophene rings is 1. The number of hydrogen-bond acceptors (Lipinski definition) is 6. The number of hydrogen-bond donors (Lipinski definition) is 0. The summed E-state index contributed by atoms with van der Waals surface area (Å²) in [5.74, 6) is 1.03. The molecule has 130 valence electrons. The van der Waals surface area contributed by atoms with Gasteiger partial charge in [0.05, 0.1) is 11.5 Å². The molecule has 1 aliphatic rings. The van der Waals surface area contributed by atoms with Crippen molar-refractivity contribution < 1.29 is 23.8 Å². The maximum atomic E-state index is 11.8. The van der Waals surface area contributed by atoms with Gasteiger partial charge in [-0.1, -0.05) is 12.1 Å². The molecule has 3 rings (SSSR count). The summed E-state index contributed by atoms with van der Waals surface area (Å²) in [6, 6.07) is 9.13. The van der Waals surface area contributed by atoms with Crippen LogP contribution < -0.4 is 9.47 Å². The van der Waals surface area contributed by atoms with Crippen molar-refractivity contribution in [3.8, 4) is 11.5 Å². The second-order valence-electron chi connectivity index (χ2n) is 5.41. The third-order valence-corrected chi connectivity index (χ3v) is 4.48. The molecule has 0 bridgehead atoms. The van der Waals surface area contributed by atoms with E-state index in [1.54, 1.807) is 12.1 Å². The smallest absolute Gasteiger partial charge is 0.330 e. The minimum absolute atomic E-state index is 0.0814. The van der Waals surface area contributed by atoms with Gasteiger partial charge in [0.1, 0.15) is 13.2 Å². The number of fused-ring (bicyclic) bond motifs is 1. The molecule has 0 N–H and O–H groups in total. The molecule has 1 aliphatic heterocycles. The fraction of sp³-hybridized carbons (Fsp3) is 0.263. The molecular weight excluding hydrogens is 340 g/mol.